The molecule has 0 radical (unpaired) electrons. The zero-order chi connectivity index (χ0) is 15.9. The number of likely N-dealkylation sites (N-methyl/N-ethyl adjacent to an activating group) is 1. The molecule has 0 aliphatic heterocycles. The maximum absolute atomic E-state index is 5.99. The molecule has 4 nitrogen and oxygen atoms in total. The molecule has 1 aromatic carbocycles. The van der Waals surface area contributed by atoms with E-state index >= 15 is 0 Å². The number of rotatable bonds is 7. The Hall–Kier alpha value is -1.94. The quantitative estimate of drug-likeness (QED) is 0.773. The zero-order valence-corrected chi connectivity index (χ0v) is 13.9. The Morgan fingerprint density at radius 2 is 1.82 bits per heavy atom. The summed E-state index contributed by atoms with van der Waals surface area (Å²) in [5.74, 6) is 2.57. The Balaban J connectivity index is 2.24. The van der Waals surface area contributed by atoms with Crippen molar-refractivity contribution >= 4 is 5.57 Å². The molecule has 22 heavy (non-hydrogen) atoms. The molecule has 0 aromatic heterocycles. The van der Waals surface area contributed by atoms with Crippen molar-refractivity contribution < 1.29 is 14.2 Å². The monoisotopic (exact) mass is 303 g/mol. The van der Waals surface area contributed by atoms with Crippen molar-refractivity contribution in [2.45, 2.75) is 12.8 Å². The summed E-state index contributed by atoms with van der Waals surface area (Å²) in [6.07, 6.45) is 6.38. The van der Waals surface area contributed by atoms with Gasteiger partial charge in [-0.1, -0.05) is 6.08 Å². The number of nitrogens with zero attached hydrogens (tertiary/aromatic N) is 1. The van der Waals surface area contributed by atoms with Crippen molar-refractivity contribution in [2.24, 2.45) is 0 Å². The average molecular weight is 303 g/mol. The predicted molar refractivity (Wildman–Crippen MR) is 89.3 cm³/mol. The highest BCUT2D eigenvalue weighted by Crippen LogP contribution is 2.36. The lowest BCUT2D eigenvalue weighted by atomic mass is 9.96. The summed E-state index contributed by atoms with van der Waals surface area (Å²) in [6.45, 7) is 1.56. The van der Waals surface area contributed by atoms with Crippen LogP contribution in [0.1, 0.15) is 18.4 Å². The van der Waals surface area contributed by atoms with Crippen LogP contribution in [0.5, 0.6) is 11.5 Å². The maximum atomic E-state index is 5.99. The van der Waals surface area contributed by atoms with E-state index in [-0.39, 0.29) is 0 Å². The smallest absolute Gasteiger partial charge is 0.127 e. The summed E-state index contributed by atoms with van der Waals surface area (Å²) in [6, 6.07) is 5.84. The summed E-state index contributed by atoms with van der Waals surface area (Å²) in [5.41, 5.74) is 2.10. The van der Waals surface area contributed by atoms with E-state index in [1.165, 1.54) is 0 Å². The van der Waals surface area contributed by atoms with Crippen LogP contribution >= 0.6 is 0 Å². The van der Waals surface area contributed by atoms with Crippen LogP contribution in [0.15, 0.2) is 36.1 Å². The number of allylic oxidation sites excluding steroid dienone is 3. The Morgan fingerprint density at radius 3 is 2.50 bits per heavy atom. The van der Waals surface area contributed by atoms with E-state index in [0.29, 0.717) is 6.61 Å². The van der Waals surface area contributed by atoms with Gasteiger partial charge in [0.05, 0.1) is 14.2 Å². The molecule has 1 aliphatic carbocycles. The first-order valence-corrected chi connectivity index (χ1v) is 7.56. The van der Waals surface area contributed by atoms with Crippen LogP contribution in [0.2, 0.25) is 0 Å². The highest BCUT2D eigenvalue weighted by molar-refractivity contribution is 5.82. The molecular weight excluding hydrogens is 278 g/mol. The third-order valence-corrected chi connectivity index (χ3v) is 3.60. The van der Waals surface area contributed by atoms with Crippen LogP contribution in [-0.2, 0) is 4.74 Å². The largest absolute Gasteiger partial charge is 0.497 e. The van der Waals surface area contributed by atoms with Crippen LogP contribution in [0, 0.1) is 0 Å². The molecule has 4 heteroatoms. The highest BCUT2D eigenvalue weighted by Gasteiger charge is 2.17. The van der Waals surface area contributed by atoms with Crippen molar-refractivity contribution in [1.29, 1.82) is 0 Å². The first-order chi connectivity index (χ1) is 10.7. The Morgan fingerprint density at radius 1 is 1.05 bits per heavy atom. The fourth-order valence-corrected chi connectivity index (χ4v) is 2.39. The summed E-state index contributed by atoms with van der Waals surface area (Å²) in [4.78, 5) is 2.11. The molecule has 0 N–H and O–H groups in total. The first kappa shape index (κ1) is 16.4. The minimum Gasteiger partial charge on any atom is -0.497 e. The third kappa shape index (κ3) is 4.04. The molecule has 0 fully saturated rings. The first-order valence-electron chi connectivity index (χ1n) is 7.56. The van der Waals surface area contributed by atoms with Gasteiger partial charge in [0.15, 0.2) is 0 Å². The van der Waals surface area contributed by atoms with Crippen LogP contribution in [-0.4, -0.2) is 46.4 Å². The molecule has 2 rings (SSSR count). The van der Waals surface area contributed by atoms with E-state index in [1.54, 1.807) is 14.2 Å². The van der Waals surface area contributed by atoms with Crippen molar-refractivity contribution in [2.75, 3.05) is 41.5 Å². The normalized spacial score (nSPS) is 14.4. The van der Waals surface area contributed by atoms with Crippen LogP contribution in [0.3, 0.4) is 0 Å². The Bertz CT molecular complexity index is 561. The van der Waals surface area contributed by atoms with Gasteiger partial charge in [-0.3, -0.25) is 0 Å². The molecule has 0 heterocycles. The van der Waals surface area contributed by atoms with Crippen molar-refractivity contribution in [3.8, 4) is 11.5 Å². The van der Waals surface area contributed by atoms with Gasteiger partial charge in [0, 0.05) is 17.7 Å². The highest BCUT2D eigenvalue weighted by atomic mass is 16.5. The van der Waals surface area contributed by atoms with Crippen LogP contribution in [0.4, 0.5) is 0 Å². The lowest BCUT2D eigenvalue weighted by Crippen LogP contribution is -2.18. The predicted octanol–water partition coefficient (Wildman–Crippen LogP) is 3.34. The number of hydrogen-bond acceptors (Lipinski definition) is 4. The maximum Gasteiger partial charge on any atom is 0.127 e. The molecular formula is C18H25NO3. The number of ether oxygens (including phenoxy) is 3. The fourth-order valence-electron chi connectivity index (χ4n) is 2.39. The minimum atomic E-state index is 0.669. The van der Waals surface area contributed by atoms with Crippen LogP contribution in [0.25, 0.3) is 5.57 Å². The van der Waals surface area contributed by atoms with Crippen molar-refractivity contribution in [3.05, 3.63) is 41.7 Å². The summed E-state index contributed by atoms with van der Waals surface area (Å²) < 4.78 is 16.8. The molecule has 120 valence electrons. The Labute approximate surface area is 133 Å². The van der Waals surface area contributed by atoms with Gasteiger partial charge in [-0.15, -0.1) is 0 Å². The lowest BCUT2D eigenvalue weighted by molar-refractivity contribution is 0.194. The minimum absolute atomic E-state index is 0.669. The second-order valence-electron chi connectivity index (χ2n) is 5.48. The van der Waals surface area contributed by atoms with Crippen molar-refractivity contribution in [1.82, 2.24) is 4.90 Å². The van der Waals surface area contributed by atoms with Gasteiger partial charge in [0.25, 0.3) is 0 Å². The van der Waals surface area contributed by atoms with E-state index in [4.69, 9.17) is 14.2 Å². The molecule has 0 amide bonds. The fraction of sp³-hybridized carbons (Fsp3) is 0.444. The second kappa shape index (κ2) is 7.90. The molecule has 0 saturated heterocycles. The number of methoxy groups -OCH3 is 2. The van der Waals surface area contributed by atoms with E-state index in [2.05, 4.69) is 17.1 Å². The van der Waals surface area contributed by atoms with Gasteiger partial charge in [-0.2, -0.15) is 0 Å². The summed E-state index contributed by atoms with van der Waals surface area (Å²) in [7, 11) is 7.44. The Kier molecular flexibility index (Phi) is 5.90. The second-order valence-corrected chi connectivity index (χ2v) is 5.48. The average Bonchev–Trinajstić information content (AvgIpc) is 2.54. The van der Waals surface area contributed by atoms with E-state index in [9.17, 15) is 0 Å². The molecule has 0 unspecified atom stereocenters. The third-order valence-electron chi connectivity index (χ3n) is 3.60. The van der Waals surface area contributed by atoms with Gasteiger partial charge in [-0.05, 0) is 51.2 Å². The van der Waals surface area contributed by atoms with Crippen LogP contribution < -0.4 is 9.47 Å². The number of benzene rings is 1. The topological polar surface area (TPSA) is 30.9 Å². The molecule has 0 bridgehead atoms. The SMILES string of the molecule is COc1ccc(OC)c(C2=CCCC=C2OCCN(C)C)c1. The molecule has 1 aliphatic rings. The van der Waals surface area contributed by atoms with Gasteiger partial charge in [-0.25, -0.2) is 0 Å². The van der Waals surface area contributed by atoms with Gasteiger partial charge < -0.3 is 19.1 Å². The molecule has 1 aromatic rings. The standard InChI is InChI=1S/C18H25NO3/c1-19(2)11-12-22-18-8-6-5-7-15(18)16-13-14(20-3)9-10-17(16)21-4/h7-10,13H,5-6,11-12H2,1-4H3. The zero-order valence-electron chi connectivity index (χ0n) is 13.9. The molecule has 0 spiro atoms. The lowest BCUT2D eigenvalue weighted by Gasteiger charge is -2.21. The summed E-state index contributed by atoms with van der Waals surface area (Å²) in [5, 5.41) is 0. The number of hydrogen-bond donors (Lipinski definition) is 0. The van der Waals surface area contributed by atoms with Crippen molar-refractivity contribution in [3.63, 3.8) is 0 Å². The van der Waals surface area contributed by atoms with Gasteiger partial charge in [0.1, 0.15) is 23.9 Å². The molecule has 0 atom stereocenters. The van der Waals surface area contributed by atoms with Gasteiger partial charge >= 0.3 is 0 Å². The van der Waals surface area contributed by atoms with E-state index in [0.717, 1.165) is 47.8 Å². The van der Waals surface area contributed by atoms with E-state index in [1.807, 2.05) is 32.3 Å². The summed E-state index contributed by atoms with van der Waals surface area (Å²) >= 11 is 0. The molecule has 0 saturated carbocycles. The van der Waals surface area contributed by atoms with Gasteiger partial charge in [0.2, 0.25) is 0 Å². The van der Waals surface area contributed by atoms with E-state index < -0.39 is 0 Å².